The average molecular weight is 189 g/mol. The maximum atomic E-state index is 9.09. The predicted molar refractivity (Wildman–Crippen MR) is 50.2 cm³/mol. The minimum absolute atomic E-state index is 0.174. The second-order valence-corrected chi connectivity index (χ2v) is 3.51. The Bertz CT molecular complexity index is 366. The zero-order valence-electron chi connectivity index (χ0n) is 7.72. The van der Waals surface area contributed by atoms with Crippen molar-refractivity contribution in [2.45, 2.75) is 12.6 Å². The van der Waals surface area contributed by atoms with E-state index < -0.39 is 0 Å². The van der Waals surface area contributed by atoms with Crippen LogP contribution in [0, 0.1) is 11.3 Å². The van der Waals surface area contributed by atoms with Crippen molar-refractivity contribution in [3.63, 3.8) is 0 Å². The lowest BCUT2D eigenvalue weighted by Crippen LogP contribution is -2.49. The van der Waals surface area contributed by atoms with Crippen LogP contribution in [0.3, 0.4) is 0 Å². The highest BCUT2D eigenvalue weighted by Crippen LogP contribution is 2.12. The largest absolute Gasteiger partial charge is 0.390 e. The Balaban J connectivity index is 2.00. The molecular formula is C10H11N3O. The van der Waals surface area contributed by atoms with Gasteiger partial charge >= 0.3 is 0 Å². The highest BCUT2D eigenvalue weighted by molar-refractivity contribution is 5.25. The molecule has 0 aromatic carbocycles. The molecule has 1 aromatic rings. The van der Waals surface area contributed by atoms with Crippen molar-refractivity contribution < 1.29 is 5.11 Å². The van der Waals surface area contributed by atoms with E-state index in [0.717, 1.165) is 25.2 Å². The normalized spacial score (nSPS) is 17.4. The van der Waals surface area contributed by atoms with E-state index in [1.54, 1.807) is 12.3 Å². The van der Waals surface area contributed by atoms with E-state index in [1.165, 1.54) is 0 Å². The fraction of sp³-hybridized carbons (Fsp3) is 0.400. The molecule has 14 heavy (non-hydrogen) atoms. The molecule has 1 N–H and O–H groups in total. The number of rotatable bonds is 2. The summed E-state index contributed by atoms with van der Waals surface area (Å²) in [5.74, 6) is 0. The molecule has 72 valence electrons. The first-order valence-electron chi connectivity index (χ1n) is 4.53. The maximum Gasteiger partial charge on any atom is 0.140 e. The lowest BCUT2D eigenvalue weighted by molar-refractivity contribution is -0.00287. The van der Waals surface area contributed by atoms with Gasteiger partial charge in [0.2, 0.25) is 0 Å². The van der Waals surface area contributed by atoms with E-state index in [-0.39, 0.29) is 6.10 Å². The summed E-state index contributed by atoms with van der Waals surface area (Å²) in [5.41, 5.74) is 1.52. The molecule has 4 nitrogen and oxygen atoms in total. The van der Waals surface area contributed by atoms with E-state index in [4.69, 9.17) is 10.4 Å². The van der Waals surface area contributed by atoms with Crippen LogP contribution in [0.25, 0.3) is 0 Å². The number of nitrogens with zero attached hydrogens (tertiary/aromatic N) is 3. The number of pyridine rings is 1. The molecule has 0 amide bonds. The molecule has 2 heterocycles. The third-order valence-corrected chi connectivity index (χ3v) is 2.28. The quantitative estimate of drug-likeness (QED) is 0.718. The minimum atomic E-state index is -0.174. The van der Waals surface area contributed by atoms with Crippen molar-refractivity contribution in [2.75, 3.05) is 13.1 Å². The van der Waals surface area contributed by atoms with Crippen LogP contribution in [-0.4, -0.2) is 34.2 Å². The first-order chi connectivity index (χ1) is 6.78. The number of hydrogen-bond donors (Lipinski definition) is 1. The first-order valence-corrected chi connectivity index (χ1v) is 4.53. The van der Waals surface area contributed by atoms with Crippen molar-refractivity contribution >= 4 is 0 Å². The van der Waals surface area contributed by atoms with Gasteiger partial charge in [-0.15, -0.1) is 0 Å². The van der Waals surface area contributed by atoms with Gasteiger partial charge in [0.05, 0.1) is 6.10 Å². The average Bonchev–Trinajstić information content (AvgIpc) is 2.16. The Hall–Kier alpha value is -1.44. The van der Waals surface area contributed by atoms with E-state index in [0.29, 0.717) is 5.69 Å². The van der Waals surface area contributed by atoms with Crippen LogP contribution in [0.2, 0.25) is 0 Å². The summed E-state index contributed by atoms with van der Waals surface area (Å²) in [6, 6.07) is 5.68. The molecule has 0 unspecified atom stereocenters. The van der Waals surface area contributed by atoms with Crippen LogP contribution in [0.4, 0.5) is 0 Å². The van der Waals surface area contributed by atoms with E-state index in [9.17, 15) is 0 Å². The molecule has 1 aromatic heterocycles. The number of β-amino-alcohol motifs (C(OH)–C–C–N with tert-alkyl or cyclic N) is 1. The second-order valence-electron chi connectivity index (χ2n) is 3.51. The highest BCUT2D eigenvalue weighted by atomic mass is 16.3. The van der Waals surface area contributed by atoms with Gasteiger partial charge in [0.1, 0.15) is 11.8 Å². The Labute approximate surface area is 82.4 Å². The van der Waals surface area contributed by atoms with Crippen molar-refractivity contribution in [1.29, 1.82) is 5.26 Å². The molecule has 0 bridgehead atoms. The van der Waals surface area contributed by atoms with Crippen molar-refractivity contribution in [1.82, 2.24) is 9.88 Å². The number of hydrogen-bond acceptors (Lipinski definition) is 4. The number of nitriles is 1. The fourth-order valence-electron chi connectivity index (χ4n) is 1.56. The molecule has 2 rings (SSSR count). The summed E-state index contributed by atoms with van der Waals surface area (Å²) in [6.07, 6.45) is 1.47. The lowest BCUT2D eigenvalue weighted by atomic mass is 10.1. The van der Waals surface area contributed by atoms with Gasteiger partial charge in [-0.1, -0.05) is 0 Å². The van der Waals surface area contributed by atoms with Crippen LogP contribution in [0.15, 0.2) is 18.3 Å². The monoisotopic (exact) mass is 189 g/mol. The summed E-state index contributed by atoms with van der Waals surface area (Å²) in [5, 5.41) is 17.7. The summed E-state index contributed by atoms with van der Waals surface area (Å²) in [6.45, 7) is 2.24. The molecule has 1 aliphatic rings. The van der Waals surface area contributed by atoms with Gasteiger partial charge in [0.15, 0.2) is 0 Å². The van der Waals surface area contributed by atoms with Gasteiger partial charge < -0.3 is 5.11 Å². The minimum Gasteiger partial charge on any atom is -0.390 e. The molecule has 0 saturated carbocycles. The Kier molecular flexibility index (Phi) is 2.44. The lowest BCUT2D eigenvalue weighted by Gasteiger charge is -2.35. The maximum absolute atomic E-state index is 9.09. The number of likely N-dealkylation sites (tertiary alicyclic amines) is 1. The predicted octanol–water partition coefficient (Wildman–Crippen LogP) is 0.130. The molecular weight excluding hydrogens is 178 g/mol. The Morgan fingerprint density at radius 2 is 2.43 bits per heavy atom. The van der Waals surface area contributed by atoms with E-state index in [2.05, 4.69) is 9.88 Å². The fourth-order valence-corrected chi connectivity index (χ4v) is 1.56. The highest BCUT2D eigenvalue weighted by Gasteiger charge is 2.23. The van der Waals surface area contributed by atoms with Gasteiger partial charge in [-0.05, 0) is 17.7 Å². The van der Waals surface area contributed by atoms with Gasteiger partial charge in [0, 0.05) is 25.8 Å². The van der Waals surface area contributed by atoms with Crippen molar-refractivity contribution in [3.05, 3.63) is 29.6 Å². The van der Waals surface area contributed by atoms with Gasteiger partial charge in [-0.2, -0.15) is 5.26 Å². The summed E-state index contributed by atoms with van der Waals surface area (Å²) < 4.78 is 0. The zero-order valence-corrected chi connectivity index (χ0v) is 7.72. The molecule has 0 atom stereocenters. The summed E-state index contributed by atoms with van der Waals surface area (Å²) in [4.78, 5) is 6.02. The van der Waals surface area contributed by atoms with Crippen LogP contribution in [0.5, 0.6) is 0 Å². The SMILES string of the molecule is N#Cc1cc(CN2CC(O)C2)ccn1. The molecule has 0 spiro atoms. The third kappa shape index (κ3) is 1.90. The topological polar surface area (TPSA) is 60.2 Å². The number of aliphatic hydroxyl groups excluding tert-OH is 1. The Morgan fingerprint density at radius 1 is 1.64 bits per heavy atom. The smallest absolute Gasteiger partial charge is 0.140 e. The van der Waals surface area contributed by atoms with Gasteiger partial charge in [-0.3, -0.25) is 4.90 Å². The molecule has 4 heteroatoms. The first kappa shape index (κ1) is 9.13. The molecule has 0 aliphatic carbocycles. The van der Waals surface area contributed by atoms with E-state index >= 15 is 0 Å². The molecule has 1 fully saturated rings. The third-order valence-electron chi connectivity index (χ3n) is 2.28. The zero-order chi connectivity index (χ0) is 9.97. The Morgan fingerprint density at radius 3 is 3.07 bits per heavy atom. The number of aromatic nitrogens is 1. The van der Waals surface area contributed by atoms with Crippen LogP contribution in [0.1, 0.15) is 11.3 Å². The summed E-state index contributed by atoms with van der Waals surface area (Å²) >= 11 is 0. The van der Waals surface area contributed by atoms with Crippen LogP contribution < -0.4 is 0 Å². The van der Waals surface area contributed by atoms with E-state index in [1.807, 2.05) is 12.1 Å². The molecule has 1 saturated heterocycles. The second kappa shape index (κ2) is 3.74. The molecule has 1 aliphatic heterocycles. The number of aliphatic hydroxyl groups is 1. The van der Waals surface area contributed by atoms with Crippen LogP contribution in [-0.2, 0) is 6.54 Å². The van der Waals surface area contributed by atoms with Gasteiger partial charge in [-0.25, -0.2) is 4.98 Å². The standard InChI is InChI=1S/C10H11N3O/c11-4-9-3-8(1-2-12-9)5-13-6-10(14)7-13/h1-3,10,14H,5-7H2. The van der Waals surface area contributed by atoms with Crippen LogP contribution >= 0.6 is 0 Å². The van der Waals surface area contributed by atoms with Gasteiger partial charge in [0.25, 0.3) is 0 Å². The summed E-state index contributed by atoms with van der Waals surface area (Å²) in [7, 11) is 0. The van der Waals surface area contributed by atoms with Crippen molar-refractivity contribution in [2.24, 2.45) is 0 Å². The molecule has 0 radical (unpaired) electrons. The van der Waals surface area contributed by atoms with Crippen molar-refractivity contribution in [3.8, 4) is 6.07 Å².